The van der Waals surface area contributed by atoms with Gasteiger partial charge in [0.15, 0.2) is 11.6 Å². The van der Waals surface area contributed by atoms with Crippen molar-refractivity contribution < 1.29 is 8.78 Å². The molecule has 5 rings (SSSR count). The zero-order chi connectivity index (χ0) is 15.6. The fraction of sp³-hybridized carbons (Fsp3) is 0.333. The Kier molecular flexibility index (Phi) is 2.63. The number of nitrogens with zero attached hydrogens (tertiary/aromatic N) is 3. The third kappa shape index (κ3) is 2.14. The second kappa shape index (κ2) is 4.60. The molecule has 2 saturated carbocycles. The molecule has 5 heteroatoms. The summed E-state index contributed by atoms with van der Waals surface area (Å²) in [6.45, 7) is 0. The Hall–Kier alpha value is -2.30. The zero-order valence-corrected chi connectivity index (χ0v) is 12.5. The van der Waals surface area contributed by atoms with Crippen molar-refractivity contribution in [1.82, 2.24) is 14.8 Å². The summed E-state index contributed by atoms with van der Waals surface area (Å²) in [5.74, 6) is -1.07. The summed E-state index contributed by atoms with van der Waals surface area (Å²) in [6, 6.07) is 6.96. The van der Waals surface area contributed by atoms with E-state index in [1.54, 1.807) is 6.20 Å². The first-order valence-corrected chi connectivity index (χ1v) is 8.03. The molecule has 1 aromatic carbocycles. The molecule has 0 aliphatic heterocycles. The molecule has 2 aromatic heterocycles. The highest BCUT2D eigenvalue weighted by molar-refractivity contribution is 5.87. The van der Waals surface area contributed by atoms with E-state index in [0.29, 0.717) is 12.0 Å². The van der Waals surface area contributed by atoms with Crippen molar-refractivity contribution >= 4 is 10.9 Å². The van der Waals surface area contributed by atoms with E-state index >= 15 is 0 Å². The summed E-state index contributed by atoms with van der Waals surface area (Å²) >= 11 is 0. The first kappa shape index (κ1) is 13.2. The molecule has 0 amide bonds. The molecule has 116 valence electrons. The van der Waals surface area contributed by atoms with Crippen LogP contribution in [0.5, 0.6) is 0 Å². The molecule has 23 heavy (non-hydrogen) atoms. The van der Waals surface area contributed by atoms with E-state index in [-0.39, 0.29) is 0 Å². The van der Waals surface area contributed by atoms with Crippen LogP contribution in [0.3, 0.4) is 0 Å². The topological polar surface area (TPSA) is 30.7 Å². The number of hydrogen-bond donors (Lipinski definition) is 0. The van der Waals surface area contributed by atoms with Gasteiger partial charge in [-0.05, 0) is 43.9 Å². The lowest BCUT2D eigenvalue weighted by Gasteiger charge is -2.10. The quantitative estimate of drug-likeness (QED) is 0.708. The summed E-state index contributed by atoms with van der Waals surface area (Å²) < 4.78 is 29.4. The third-order valence-corrected chi connectivity index (χ3v) is 4.76. The number of hydrogen-bond acceptors (Lipinski definition) is 2. The van der Waals surface area contributed by atoms with E-state index in [1.165, 1.54) is 25.0 Å². The Balaban J connectivity index is 1.74. The van der Waals surface area contributed by atoms with Crippen molar-refractivity contribution in [2.24, 2.45) is 0 Å². The molecule has 0 unspecified atom stereocenters. The van der Waals surface area contributed by atoms with Crippen LogP contribution in [0.25, 0.3) is 22.2 Å². The lowest BCUT2D eigenvalue weighted by Crippen LogP contribution is -1.99. The zero-order valence-electron chi connectivity index (χ0n) is 12.5. The lowest BCUT2D eigenvalue weighted by atomic mass is 10.1. The highest BCUT2D eigenvalue weighted by Crippen LogP contribution is 2.44. The summed E-state index contributed by atoms with van der Waals surface area (Å²) in [5.41, 5.74) is 3.73. The molecule has 2 fully saturated rings. The maximum Gasteiger partial charge on any atom is 0.160 e. The third-order valence-electron chi connectivity index (χ3n) is 4.76. The van der Waals surface area contributed by atoms with E-state index in [2.05, 4.69) is 20.8 Å². The average molecular weight is 311 g/mol. The van der Waals surface area contributed by atoms with Crippen molar-refractivity contribution in [1.29, 1.82) is 0 Å². The number of benzene rings is 1. The van der Waals surface area contributed by atoms with Crippen molar-refractivity contribution in [3.8, 4) is 11.3 Å². The van der Waals surface area contributed by atoms with Crippen LogP contribution in [0.1, 0.15) is 43.3 Å². The van der Waals surface area contributed by atoms with Crippen LogP contribution in [0.15, 0.2) is 30.5 Å². The van der Waals surface area contributed by atoms with E-state index in [1.807, 2.05) is 6.07 Å². The van der Waals surface area contributed by atoms with Gasteiger partial charge in [-0.2, -0.15) is 10.2 Å². The Morgan fingerprint density at radius 2 is 1.74 bits per heavy atom. The maximum atomic E-state index is 13.7. The summed E-state index contributed by atoms with van der Waals surface area (Å²) in [7, 11) is 0. The van der Waals surface area contributed by atoms with Gasteiger partial charge in [-0.3, -0.25) is 0 Å². The molecular weight excluding hydrogens is 296 g/mol. The molecule has 2 aliphatic rings. The van der Waals surface area contributed by atoms with Crippen molar-refractivity contribution in [3.63, 3.8) is 0 Å². The molecule has 0 bridgehead atoms. The molecule has 0 spiro atoms. The van der Waals surface area contributed by atoms with E-state index in [0.717, 1.165) is 40.7 Å². The minimum Gasteiger partial charge on any atom is -0.337 e. The Bertz CT molecular complexity index is 923. The molecule has 0 atom stereocenters. The van der Waals surface area contributed by atoms with Gasteiger partial charge in [0, 0.05) is 29.0 Å². The Labute approximate surface area is 132 Å². The van der Waals surface area contributed by atoms with Crippen LogP contribution < -0.4 is 0 Å². The SMILES string of the molecule is Fc1cc2cc(-c3cnnc(C4CC4)c3)n(C3CC3)c2cc1F. The standard InChI is InChI=1S/C18H15F2N3/c19-14-5-11-7-17(12-6-16(10-1-2-10)22-21-9-12)23(13-3-4-13)18(11)8-15(14)20/h5-10,13H,1-4H2. The van der Waals surface area contributed by atoms with E-state index in [9.17, 15) is 8.78 Å². The van der Waals surface area contributed by atoms with Crippen LogP contribution in [0.4, 0.5) is 8.78 Å². The van der Waals surface area contributed by atoms with Gasteiger partial charge < -0.3 is 4.57 Å². The summed E-state index contributed by atoms with van der Waals surface area (Å²) in [6.07, 6.45) is 6.22. The fourth-order valence-corrected chi connectivity index (χ4v) is 3.27. The van der Waals surface area contributed by atoms with Crippen LogP contribution in [0, 0.1) is 11.6 Å². The average Bonchev–Trinajstić information content (AvgIpc) is 3.45. The Morgan fingerprint density at radius 3 is 2.48 bits per heavy atom. The van der Waals surface area contributed by atoms with Gasteiger partial charge in [0.2, 0.25) is 0 Å². The van der Waals surface area contributed by atoms with Crippen molar-refractivity contribution in [3.05, 3.63) is 47.8 Å². The summed E-state index contributed by atoms with van der Waals surface area (Å²) in [5, 5.41) is 9.09. The highest BCUT2D eigenvalue weighted by atomic mass is 19.2. The van der Waals surface area contributed by atoms with Gasteiger partial charge in [0.05, 0.1) is 23.1 Å². The molecule has 3 nitrogen and oxygen atoms in total. The van der Waals surface area contributed by atoms with Gasteiger partial charge in [-0.15, -0.1) is 0 Å². The first-order chi connectivity index (χ1) is 11.2. The molecule has 0 N–H and O–H groups in total. The van der Waals surface area contributed by atoms with Gasteiger partial charge >= 0.3 is 0 Å². The molecule has 0 saturated heterocycles. The predicted molar refractivity (Wildman–Crippen MR) is 83.1 cm³/mol. The van der Waals surface area contributed by atoms with Crippen LogP contribution >= 0.6 is 0 Å². The molecule has 2 heterocycles. The van der Waals surface area contributed by atoms with Crippen LogP contribution in [0.2, 0.25) is 0 Å². The minimum atomic E-state index is -0.802. The second-order valence-electron chi connectivity index (χ2n) is 6.60. The second-order valence-corrected chi connectivity index (χ2v) is 6.60. The highest BCUT2D eigenvalue weighted by Gasteiger charge is 2.30. The molecule has 2 aliphatic carbocycles. The number of halogens is 2. The van der Waals surface area contributed by atoms with Crippen LogP contribution in [-0.2, 0) is 0 Å². The smallest absolute Gasteiger partial charge is 0.160 e. The van der Waals surface area contributed by atoms with E-state index < -0.39 is 11.6 Å². The molecule has 3 aromatic rings. The summed E-state index contributed by atoms with van der Waals surface area (Å²) in [4.78, 5) is 0. The number of rotatable bonds is 3. The van der Waals surface area contributed by atoms with Gasteiger partial charge in [-0.25, -0.2) is 8.78 Å². The number of fused-ring (bicyclic) bond motifs is 1. The Morgan fingerprint density at radius 1 is 0.957 bits per heavy atom. The van der Waals surface area contributed by atoms with E-state index in [4.69, 9.17) is 0 Å². The fourth-order valence-electron chi connectivity index (χ4n) is 3.27. The largest absolute Gasteiger partial charge is 0.337 e. The lowest BCUT2D eigenvalue weighted by molar-refractivity contribution is 0.510. The molecular formula is C18H15F2N3. The minimum absolute atomic E-state index is 0.366. The number of aromatic nitrogens is 3. The first-order valence-electron chi connectivity index (χ1n) is 8.03. The normalized spacial score (nSPS) is 17.8. The van der Waals surface area contributed by atoms with Gasteiger partial charge in [0.25, 0.3) is 0 Å². The van der Waals surface area contributed by atoms with Gasteiger partial charge in [-0.1, -0.05) is 0 Å². The van der Waals surface area contributed by atoms with Crippen molar-refractivity contribution in [2.75, 3.05) is 0 Å². The van der Waals surface area contributed by atoms with Gasteiger partial charge in [0.1, 0.15) is 0 Å². The maximum absolute atomic E-state index is 13.7. The van der Waals surface area contributed by atoms with Crippen LogP contribution in [-0.4, -0.2) is 14.8 Å². The van der Waals surface area contributed by atoms with Crippen molar-refractivity contribution in [2.45, 2.75) is 37.6 Å². The molecule has 0 radical (unpaired) electrons. The predicted octanol–water partition coefficient (Wildman–Crippen LogP) is 4.59. The monoisotopic (exact) mass is 311 g/mol.